The number of nitrogens with zero attached hydrogens (tertiary/aromatic N) is 4. The number of carboxylic acids is 1. The van der Waals surface area contributed by atoms with E-state index in [1.165, 1.54) is 0 Å². The van der Waals surface area contributed by atoms with Gasteiger partial charge in [-0.2, -0.15) is 5.10 Å². The van der Waals surface area contributed by atoms with E-state index >= 15 is 0 Å². The standard InChI is InChI=1S/C12H15N5O2/c1-7-8(2)15-16-11(10(7)12(18)19)14-6-9-13-4-5-17(9)3/h4-5H,6H2,1-3H3,(H,14,16)(H,18,19). The van der Waals surface area contributed by atoms with Gasteiger partial charge in [-0.05, 0) is 19.4 Å². The van der Waals surface area contributed by atoms with Crippen LogP contribution < -0.4 is 5.32 Å². The lowest BCUT2D eigenvalue weighted by Gasteiger charge is -2.11. The molecule has 0 atom stereocenters. The Balaban J connectivity index is 2.28. The van der Waals surface area contributed by atoms with E-state index in [2.05, 4.69) is 20.5 Å². The van der Waals surface area contributed by atoms with E-state index in [9.17, 15) is 9.90 Å². The van der Waals surface area contributed by atoms with Gasteiger partial charge in [0.25, 0.3) is 0 Å². The van der Waals surface area contributed by atoms with Gasteiger partial charge in [0.1, 0.15) is 11.4 Å². The number of aromatic nitrogens is 4. The van der Waals surface area contributed by atoms with E-state index in [0.29, 0.717) is 17.8 Å². The minimum Gasteiger partial charge on any atom is -0.478 e. The molecule has 0 saturated heterocycles. The van der Waals surface area contributed by atoms with Crippen LogP contribution in [0.1, 0.15) is 27.4 Å². The molecule has 0 aliphatic rings. The zero-order valence-corrected chi connectivity index (χ0v) is 11.0. The molecule has 7 heteroatoms. The second-order valence-corrected chi connectivity index (χ2v) is 4.25. The molecule has 0 saturated carbocycles. The smallest absolute Gasteiger partial charge is 0.339 e. The van der Waals surface area contributed by atoms with Crippen molar-refractivity contribution >= 4 is 11.8 Å². The van der Waals surface area contributed by atoms with Gasteiger partial charge < -0.3 is 15.0 Å². The first-order valence-corrected chi connectivity index (χ1v) is 5.78. The topological polar surface area (TPSA) is 92.9 Å². The van der Waals surface area contributed by atoms with Crippen molar-refractivity contribution in [1.29, 1.82) is 0 Å². The van der Waals surface area contributed by atoms with Crippen molar-refractivity contribution in [1.82, 2.24) is 19.7 Å². The van der Waals surface area contributed by atoms with Gasteiger partial charge in [-0.25, -0.2) is 9.78 Å². The minimum atomic E-state index is -1.02. The van der Waals surface area contributed by atoms with Crippen molar-refractivity contribution < 1.29 is 9.90 Å². The third-order valence-electron chi connectivity index (χ3n) is 3.00. The van der Waals surface area contributed by atoms with Crippen LogP contribution in [0.3, 0.4) is 0 Å². The van der Waals surface area contributed by atoms with Gasteiger partial charge in [0, 0.05) is 19.4 Å². The summed E-state index contributed by atoms with van der Waals surface area (Å²) >= 11 is 0. The molecule has 0 amide bonds. The van der Waals surface area contributed by atoms with E-state index in [1.54, 1.807) is 20.0 Å². The van der Waals surface area contributed by atoms with Crippen molar-refractivity contribution in [2.45, 2.75) is 20.4 Å². The minimum absolute atomic E-state index is 0.154. The van der Waals surface area contributed by atoms with E-state index < -0.39 is 5.97 Å². The molecule has 2 aromatic heterocycles. The molecule has 100 valence electrons. The van der Waals surface area contributed by atoms with Crippen LogP contribution in [0.15, 0.2) is 12.4 Å². The number of carboxylic acid groups (broad SMARTS) is 1. The van der Waals surface area contributed by atoms with Gasteiger partial charge in [0.15, 0.2) is 5.82 Å². The number of aromatic carboxylic acids is 1. The normalized spacial score (nSPS) is 10.5. The van der Waals surface area contributed by atoms with Crippen molar-refractivity contribution in [3.05, 3.63) is 35.0 Å². The average molecular weight is 261 g/mol. The second kappa shape index (κ2) is 5.05. The number of rotatable bonds is 4. The van der Waals surface area contributed by atoms with Gasteiger partial charge in [-0.1, -0.05) is 0 Å². The fourth-order valence-electron chi connectivity index (χ4n) is 1.72. The Labute approximate surface area is 110 Å². The Bertz CT molecular complexity index is 621. The lowest BCUT2D eigenvalue weighted by molar-refractivity contribution is 0.0696. The molecule has 0 aliphatic carbocycles. The van der Waals surface area contributed by atoms with E-state index in [0.717, 1.165) is 5.82 Å². The average Bonchev–Trinajstić information content (AvgIpc) is 2.76. The summed E-state index contributed by atoms with van der Waals surface area (Å²) in [6, 6.07) is 0. The predicted molar refractivity (Wildman–Crippen MR) is 69.0 cm³/mol. The van der Waals surface area contributed by atoms with Crippen LogP contribution in [-0.2, 0) is 13.6 Å². The summed E-state index contributed by atoms with van der Waals surface area (Å²) in [5, 5.41) is 20.1. The molecule has 2 heterocycles. The molecule has 0 unspecified atom stereocenters. The van der Waals surface area contributed by atoms with E-state index in [1.807, 2.05) is 17.8 Å². The fraction of sp³-hybridized carbons (Fsp3) is 0.333. The van der Waals surface area contributed by atoms with Crippen LogP contribution in [0.25, 0.3) is 0 Å². The lowest BCUT2D eigenvalue weighted by atomic mass is 10.1. The molecule has 7 nitrogen and oxygen atoms in total. The molecule has 0 bridgehead atoms. The van der Waals surface area contributed by atoms with Crippen LogP contribution in [0.2, 0.25) is 0 Å². The van der Waals surface area contributed by atoms with Gasteiger partial charge in [0.05, 0.1) is 12.2 Å². The zero-order valence-electron chi connectivity index (χ0n) is 11.0. The predicted octanol–water partition coefficient (Wildman–Crippen LogP) is 1.14. The molecule has 19 heavy (non-hydrogen) atoms. The van der Waals surface area contributed by atoms with Gasteiger partial charge in [-0.15, -0.1) is 5.10 Å². The van der Waals surface area contributed by atoms with Gasteiger partial charge >= 0.3 is 5.97 Å². The molecule has 0 fully saturated rings. The SMILES string of the molecule is Cc1nnc(NCc2nccn2C)c(C(=O)O)c1C. The Morgan fingerprint density at radius 1 is 1.42 bits per heavy atom. The van der Waals surface area contributed by atoms with Crippen LogP contribution in [0.5, 0.6) is 0 Å². The highest BCUT2D eigenvalue weighted by Gasteiger charge is 2.17. The fourth-order valence-corrected chi connectivity index (χ4v) is 1.72. The van der Waals surface area contributed by atoms with Crippen LogP contribution in [0.4, 0.5) is 5.82 Å². The summed E-state index contributed by atoms with van der Waals surface area (Å²) in [5.41, 5.74) is 1.38. The second-order valence-electron chi connectivity index (χ2n) is 4.25. The molecule has 0 radical (unpaired) electrons. The van der Waals surface area contributed by atoms with Crippen LogP contribution in [0, 0.1) is 13.8 Å². The number of hydrogen-bond acceptors (Lipinski definition) is 5. The van der Waals surface area contributed by atoms with Crippen molar-refractivity contribution in [3.8, 4) is 0 Å². The molecule has 0 aliphatic heterocycles. The Morgan fingerprint density at radius 3 is 2.74 bits per heavy atom. The first-order chi connectivity index (χ1) is 9.00. The maximum atomic E-state index is 11.3. The summed E-state index contributed by atoms with van der Waals surface area (Å²) < 4.78 is 1.85. The molecule has 2 aromatic rings. The molecular formula is C12H15N5O2. The first-order valence-electron chi connectivity index (χ1n) is 5.78. The number of nitrogens with one attached hydrogen (secondary N) is 1. The third-order valence-corrected chi connectivity index (χ3v) is 3.00. The summed E-state index contributed by atoms with van der Waals surface area (Å²) in [4.78, 5) is 15.4. The van der Waals surface area contributed by atoms with Crippen molar-refractivity contribution in [2.75, 3.05) is 5.32 Å². The molecule has 0 aromatic carbocycles. The molecule has 0 spiro atoms. The van der Waals surface area contributed by atoms with E-state index in [-0.39, 0.29) is 11.4 Å². The largest absolute Gasteiger partial charge is 0.478 e. The summed E-state index contributed by atoms with van der Waals surface area (Å²) in [7, 11) is 1.87. The maximum absolute atomic E-state index is 11.3. The van der Waals surface area contributed by atoms with E-state index in [4.69, 9.17) is 0 Å². The van der Waals surface area contributed by atoms with Gasteiger partial charge in [0.2, 0.25) is 0 Å². The summed E-state index contributed by atoms with van der Waals surface area (Å²) in [6.45, 7) is 3.84. The number of aryl methyl sites for hydroxylation is 2. The molecular weight excluding hydrogens is 246 g/mol. The third kappa shape index (κ3) is 2.54. The highest BCUT2D eigenvalue weighted by molar-refractivity contribution is 5.94. The maximum Gasteiger partial charge on any atom is 0.339 e. The highest BCUT2D eigenvalue weighted by Crippen LogP contribution is 2.18. The summed E-state index contributed by atoms with van der Waals surface area (Å²) in [5.74, 6) is 0.0350. The van der Waals surface area contributed by atoms with Crippen molar-refractivity contribution in [3.63, 3.8) is 0 Å². The Morgan fingerprint density at radius 2 is 2.16 bits per heavy atom. The first kappa shape index (κ1) is 13.0. The Kier molecular flexibility index (Phi) is 3.46. The number of anilines is 1. The monoisotopic (exact) mass is 261 g/mol. The number of carbonyl (C=O) groups is 1. The Hall–Kier alpha value is -2.44. The highest BCUT2D eigenvalue weighted by atomic mass is 16.4. The number of hydrogen-bond donors (Lipinski definition) is 2. The van der Waals surface area contributed by atoms with Crippen molar-refractivity contribution in [2.24, 2.45) is 7.05 Å². The zero-order chi connectivity index (χ0) is 14.0. The summed E-state index contributed by atoms with van der Waals surface area (Å²) in [6.07, 6.45) is 3.50. The number of imidazole rings is 1. The molecule has 2 N–H and O–H groups in total. The van der Waals surface area contributed by atoms with Gasteiger partial charge in [-0.3, -0.25) is 0 Å². The van der Waals surface area contributed by atoms with Crippen LogP contribution in [-0.4, -0.2) is 30.8 Å². The van der Waals surface area contributed by atoms with Crippen LogP contribution >= 0.6 is 0 Å². The quantitative estimate of drug-likeness (QED) is 0.857. The lowest BCUT2D eigenvalue weighted by Crippen LogP contribution is -2.14. The molecule has 2 rings (SSSR count).